The summed E-state index contributed by atoms with van der Waals surface area (Å²) in [6.07, 6.45) is 0. The smallest absolute Gasteiger partial charge is 0.270 e. The van der Waals surface area contributed by atoms with Crippen LogP contribution in [0.25, 0.3) is 0 Å². The van der Waals surface area contributed by atoms with E-state index < -0.39 is 4.92 Å². The summed E-state index contributed by atoms with van der Waals surface area (Å²) in [5, 5.41) is 13.7. The first-order valence-electron chi connectivity index (χ1n) is 9.13. The van der Waals surface area contributed by atoms with Gasteiger partial charge in [-0.2, -0.15) is 0 Å². The van der Waals surface area contributed by atoms with Gasteiger partial charge in [-0.1, -0.05) is 30.3 Å². The van der Waals surface area contributed by atoms with Crippen molar-refractivity contribution in [2.24, 2.45) is 0 Å². The van der Waals surface area contributed by atoms with Crippen molar-refractivity contribution in [2.45, 2.75) is 6.54 Å². The molecule has 3 aromatic rings. The van der Waals surface area contributed by atoms with Gasteiger partial charge in [-0.3, -0.25) is 14.9 Å². The maximum absolute atomic E-state index is 12.7. The van der Waals surface area contributed by atoms with Crippen molar-refractivity contribution < 1.29 is 14.5 Å². The fourth-order valence-corrected chi connectivity index (χ4v) is 3.38. The minimum atomic E-state index is -0.484. The molecule has 0 bridgehead atoms. The molecule has 0 saturated carbocycles. The Hall–Kier alpha value is -3.39. The molecule has 154 valence electrons. The number of rotatable bonds is 8. The molecule has 0 aliphatic rings. The minimum absolute atomic E-state index is 0.0520. The first-order chi connectivity index (χ1) is 14.5. The van der Waals surface area contributed by atoms with E-state index in [0.717, 1.165) is 17.0 Å². The second-order valence-electron chi connectivity index (χ2n) is 6.51. The highest BCUT2D eigenvalue weighted by Crippen LogP contribution is 2.27. The Morgan fingerprint density at radius 1 is 1.10 bits per heavy atom. The number of halogens is 1. The summed E-state index contributed by atoms with van der Waals surface area (Å²) in [6.45, 7) is 0.646. The van der Waals surface area contributed by atoms with Gasteiger partial charge in [0, 0.05) is 28.8 Å². The highest BCUT2D eigenvalue weighted by molar-refractivity contribution is 9.10. The van der Waals surface area contributed by atoms with E-state index in [1.54, 1.807) is 7.11 Å². The number of methoxy groups -OCH3 is 1. The van der Waals surface area contributed by atoms with E-state index in [1.807, 2.05) is 59.5 Å². The first kappa shape index (κ1) is 21.3. The van der Waals surface area contributed by atoms with Crippen molar-refractivity contribution in [1.29, 1.82) is 0 Å². The lowest BCUT2D eigenvalue weighted by atomic mass is 10.2. The molecule has 0 fully saturated rings. The number of carbonyl (C=O) groups excluding carboxylic acids is 1. The van der Waals surface area contributed by atoms with Crippen molar-refractivity contribution >= 4 is 38.9 Å². The molecule has 1 N–H and O–H groups in total. The lowest BCUT2D eigenvalue weighted by molar-refractivity contribution is -0.384. The molecule has 1 amide bonds. The summed E-state index contributed by atoms with van der Waals surface area (Å²) in [6, 6.07) is 21.6. The molecule has 0 aromatic heterocycles. The van der Waals surface area contributed by atoms with Gasteiger partial charge < -0.3 is 15.0 Å². The van der Waals surface area contributed by atoms with Gasteiger partial charge in [0.15, 0.2) is 0 Å². The number of hydrogen-bond acceptors (Lipinski definition) is 5. The zero-order chi connectivity index (χ0) is 21.5. The molecule has 0 unspecified atom stereocenters. The average molecular weight is 470 g/mol. The highest BCUT2D eigenvalue weighted by atomic mass is 79.9. The Morgan fingerprint density at radius 3 is 2.40 bits per heavy atom. The molecule has 0 heterocycles. The summed E-state index contributed by atoms with van der Waals surface area (Å²) in [5.41, 5.74) is 2.36. The number of nitro groups is 1. The van der Waals surface area contributed by atoms with E-state index >= 15 is 0 Å². The highest BCUT2D eigenvalue weighted by Gasteiger charge is 2.15. The third-order valence-corrected chi connectivity index (χ3v) is 5.08. The lowest BCUT2D eigenvalue weighted by Crippen LogP contribution is -2.33. The van der Waals surface area contributed by atoms with Crippen LogP contribution in [0.2, 0.25) is 0 Å². The zero-order valence-corrected chi connectivity index (χ0v) is 17.8. The minimum Gasteiger partial charge on any atom is -0.497 e. The van der Waals surface area contributed by atoms with Gasteiger partial charge in [0.1, 0.15) is 5.75 Å². The zero-order valence-electron chi connectivity index (χ0n) is 16.2. The largest absolute Gasteiger partial charge is 0.497 e. The SMILES string of the molecule is COc1ccc(N(CC(=O)Nc2ccc([N+](=O)[O-])cc2Br)Cc2ccccc2)cc1. The molecule has 0 radical (unpaired) electrons. The molecule has 0 aliphatic heterocycles. The van der Waals surface area contributed by atoms with Gasteiger partial charge in [0.25, 0.3) is 5.69 Å². The predicted octanol–water partition coefficient (Wildman–Crippen LogP) is 5.01. The van der Waals surface area contributed by atoms with Crippen LogP contribution in [-0.4, -0.2) is 24.5 Å². The number of nitro benzene ring substituents is 1. The average Bonchev–Trinajstić information content (AvgIpc) is 2.75. The summed E-state index contributed by atoms with van der Waals surface area (Å²) < 4.78 is 5.66. The molecule has 3 rings (SSSR count). The fourth-order valence-electron chi connectivity index (χ4n) is 2.92. The second-order valence-corrected chi connectivity index (χ2v) is 7.36. The maximum Gasteiger partial charge on any atom is 0.270 e. The van der Waals surface area contributed by atoms with E-state index in [9.17, 15) is 14.9 Å². The number of benzene rings is 3. The molecule has 0 atom stereocenters. The first-order valence-corrected chi connectivity index (χ1v) is 9.92. The topological polar surface area (TPSA) is 84.7 Å². The van der Waals surface area contributed by atoms with Gasteiger partial charge in [0.2, 0.25) is 5.91 Å². The van der Waals surface area contributed by atoms with Gasteiger partial charge in [-0.25, -0.2) is 0 Å². The van der Waals surface area contributed by atoms with Crippen LogP contribution < -0.4 is 15.0 Å². The Morgan fingerprint density at radius 2 is 1.80 bits per heavy atom. The van der Waals surface area contributed by atoms with Crippen molar-refractivity contribution in [3.8, 4) is 5.75 Å². The summed E-state index contributed by atoms with van der Waals surface area (Å²) >= 11 is 3.28. The number of non-ortho nitro benzene ring substituents is 1. The van der Waals surface area contributed by atoms with Crippen LogP contribution in [0.15, 0.2) is 77.3 Å². The van der Waals surface area contributed by atoms with Crippen LogP contribution in [0.3, 0.4) is 0 Å². The van der Waals surface area contributed by atoms with Crippen molar-refractivity contribution in [3.05, 3.63) is 92.9 Å². The van der Waals surface area contributed by atoms with E-state index in [4.69, 9.17) is 4.74 Å². The number of amides is 1. The number of hydrogen-bond donors (Lipinski definition) is 1. The van der Waals surface area contributed by atoms with Gasteiger partial charge in [-0.05, 0) is 51.8 Å². The maximum atomic E-state index is 12.7. The summed E-state index contributed by atoms with van der Waals surface area (Å²) in [4.78, 5) is 25.1. The van der Waals surface area contributed by atoms with Crippen LogP contribution in [0, 0.1) is 10.1 Å². The molecule has 30 heavy (non-hydrogen) atoms. The van der Waals surface area contributed by atoms with Gasteiger partial charge >= 0.3 is 0 Å². The quantitative estimate of drug-likeness (QED) is 0.370. The number of nitrogens with one attached hydrogen (secondary N) is 1. The standard InChI is InChI=1S/C22H20BrN3O4/c1-30-19-10-7-17(8-11-19)25(14-16-5-3-2-4-6-16)15-22(27)24-21-12-9-18(26(28)29)13-20(21)23/h2-13H,14-15H2,1H3,(H,24,27). The number of carbonyl (C=O) groups is 1. The summed E-state index contributed by atoms with van der Waals surface area (Å²) in [5.74, 6) is 0.494. The van der Waals surface area contributed by atoms with Crippen LogP contribution in [0.1, 0.15) is 5.56 Å². The number of nitrogens with zero attached hydrogens (tertiary/aromatic N) is 2. The van der Waals surface area contributed by atoms with Gasteiger partial charge in [0.05, 0.1) is 24.3 Å². The Bertz CT molecular complexity index is 1030. The van der Waals surface area contributed by atoms with Crippen LogP contribution >= 0.6 is 15.9 Å². The second kappa shape index (κ2) is 9.89. The van der Waals surface area contributed by atoms with Gasteiger partial charge in [-0.15, -0.1) is 0 Å². The monoisotopic (exact) mass is 469 g/mol. The third kappa shape index (κ3) is 5.57. The van der Waals surface area contributed by atoms with E-state index in [-0.39, 0.29) is 18.1 Å². The predicted molar refractivity (Wildman–Crippen MR) is 120 cm³/mol. The molecule has 0 spiro atoms. The number of anilines is 2. The van der Waals surface area contributed by atoms with E-state index in [1.165, 1.54) is 18.2 Å². The molecular weight excluding hydrogens is 450 g/mol. The van der Waals surface area contributed by atoms with Crippen molar-refractivity contribution in [1.82, 2.24) is 0 Å². The normalized spacial score (nSPS) is 10.3. The molecule has 3 aromatic carbocycles. The molecule has 7 nitrogen and oxygen atoms in total. The molecular formula is C22H20BrN3O4. The lowest BCUT2D eigenvalue weighted by Gasteiger charge is -2.25. The van der Waals surface area contributed by atoms with Crippen molar-refractivity contribution in [2.75, 3.05) is 23.9 Å². The molecule has 0 saturated heterocycles. The molecule has 8 heteroatoms. The number of ether oxygens (including phenoxy) is 1. The fraction of sp³-hybridized carbons (Fsp3) is 0.136. The Labute approximate surface area is 182 Å². The van der Waals surface area contributed by atoms with E-state index in [2.05, 4.69) is 21.2 Å². The third-order valence-electron chi connectivity index (χ3n) is 4.43. The van der Waals surface area contributed by atoms with Crippen LogP contribution in [-0.2, 0) is 11.3 Å². The van der Waals surface area contributed by atoms with Crippen LogP contribution in [0.5, 0.6) is 5.75 Å². The molecule has 0 aliphatic carbocycles. The Balaban J connectivity index is 1.77. The van der Waals surface area contributed by atoms with Crippen molar-refractivity contribution in [3.63, 3.8) is 0 Å². The Kier molecular flexibility index (Phi) is 7.03. The summed E-state index contributed by atoms with van der Waals surface area (Å²) in [7, 11) is 1.60. The van der Waals surface area contributed by atoms with Crippen LogP contribution in [0.4, 0.5) is 17.1 Å². The van der Waals surface area contributed by atoms with E-state index in [0.29, 0.717) is 16.7 Å².